The van der Waals surface area contributed by atoms with Gasteiger partial charge in [0.2, 0.25) is 0 Å². The topological polar surface area (TPSA) is 67.2 Å². The number of carbonyl (C=O) groups is 2. The number of halogens is 1. The van der Waals surface area contributed by atoms with Gasteiger partial charge in [0, 0.05) is 29.7 Å². The van der Waals surface area contributed by atoms with Gasteiger partial charge in [-0.2, -0.15) is 5.10 Å². The summed E-state index contributed by atoms with van der Waals surface area (Å²) < 4.78 is 1.78. The van der Waals surface area contributed by atoms with Gasteiger partial charge in [-0.15, -0.1) is 0 Å². The summed E-state index contributed by atoms with van der Waals surface area (Å²) >= 11 is 6.12. The monoisotopic (exact) mass is 436 g/mol. The molecule has 2 amide bonds. The van der Waals surface area contributed by atoms with E-state index >= 15 is 0 Å². The van der Waals surface area contributed by atoms with Crippen molar-refractivity contribution in [2.45, 2.75) is 32.2 Å². The highest BCUT2D eigenvalue weighted by Crippen LogP contribution is 2.22. The molecule has 6 nitrogen and oxygen atoms in total. The maximum Gasteiger partial charge on any atom is 0.257 e. The van der Waals surface area contributed by atoms with Crippen LogP contribution in [0, 0.1) is 0 Å². The molecule has 0 atom stereocenters. The fourth-order valence-corrected chi connectivity index (χ4v) is 4.16. The summed E-state index contributed by atoms with van der Waals surface area (Å²) in [6.45, 7) is 3.22. The van der Waals surface area contributed by atoms with Gasteiger partial charge in [0.15, 0.2) is 0 Å². The quantitative estimate of drug-likeness (QED) is 0.654. The fraction of sp³-hybridized carbons (Fsp3) is 0.292. The SMILES string of the molecule is CCc1c(C(=O)N2CCC(NC(=O)c3ccccc3)CC2)cnn1-c1cccc(Cl)c1. The Bertz CT molecular complexity index is 1070. The van der Waals surface area contributed by atoms with Crippen molar-refractivity contribution in [3.05, 3.63) is 82.6 Å². The van der Waals surface area contributed by atoms with E-state index in [0.29, 0.717) is 35.7 Å². The molecule has 0 aliphatic carbocycles. The van der Waals surface area contributed by atoms with Crippen molar-refractivity contribution in [3.63, 3.8) is 0 Å². The van der Waals surface area contributed by atoms with E-state index < -0.39 is 0 Å². The van der Waals surface area contributed by atoms with Crippen LogP contribution in [0.1, 0.15) is 46.2 Å². The van der Waals surface area contributed by atoms with Crippen LogP contribution in [0.25, 0.3) is 5.69 Å². The minimum Gasteiger partial charge on any atom is -0.349 e. The summed E-state index contributed by atoms with van der Waals surface area (Å²) in [6.07, 6.45) is 3.78. The predicted octanol–water partition coefficient (Wildman–Crippen LogP) is 4.12. The number of rotatable bonds is 5. The fourth-order valence-electron chi connectivity index (χ4n) is 3.98. The van der Waals surface area contributed by atoms with E-state index in [1.54, 1.807) is 23.0 Å². The van der Waals surface area contributed by atoms with Gasteiger partial charge in [-0.1, -0.05) is 42.8 Å². The summed E-state index contributed by atoms with van der Waals surface area (Å²) in [5, 5.41) is 8.17. The second kappa shape index (κ2) is 9.35. The van der Waals surface area contributed by atoms with Crippen molar-refractivity contribution in [2.24, 2.45) is 0 Å². The van der Waals surface area contributed by atoms with E-state index in [2.05, 4.69) is 10.4 Å². The molecule has 0 saturated carbocycles. The molecule has 0 spiro atoms. The molecule has 0 unspecified atom stereocenters. The molecule has 1 aliphatic heterocycles. The molecule has 31 heavy (non-hydrogen) atoms. The third-order valence-electron chi connectivity index (χ3n) is 5.64. The third kappa shape index (κ3) is 4.64. The van der Waals surface area contributed by atoms with Gasteiger partial charge >= 0.3 is 0 Å². The number of benzene rings is 2. The van der Waals surface area contributed by atoms with Gasteiger partial charge in [-0.3, -0.25) is 9.59 Å². The van der Waals surface area contributed by atoms with Crippen molar-refractivity contribution >= 4 is 23.4 Å². The van der Waals surface area contributed by atoms with Gasteiger partial charge in [0.05, 0.1) is 23.1 Å². The first-order valence-corrected chi connectivity index (χ1v) is 10.9. The van der Waals surface area contributed by atoms with E-state index in [1.807, 2.05) is 54.3 Å². The predicted molar refractivity (Wildman–Crippen MR) is 121 cm³/mol. The second-order valence-corrected chi connectivity index (χ2v) is 8.09. The number of piperidine rings is 1. The number of carbonyl (C=O) groups excluding carboxylic acids is 2. The molecule has 2 aromatic carbocycles. The molecule has 1 saturated heterocycles. The summed E-state index contributed by atoms with van der Waals surface area (Å²) in [4.78, 5) is 27.4. The second-order valence-electron chi connectivity index (χ2n) is 7.66. The molecule has 160 valence electrons. The van der Waals surface area contributed by atoms with Crippen molar-refractivity contribution in [2.75, 3.05) is 13.1 Å². The number of nitrogens with one attached hydrogen (secondary N) is 1. The Kier molecular flexibility index (Phi) is 6.37. The molecule has 2 heterocycles. The van der Waals surface area contributed by atoms with Crippen LogP contribution in [-0.2, 0) is 6.42 Å². The van der Waals surface area contributed by atoms with E-state index in [0.717, 1.165) is 24.2 Å². The van der Waals surface area contributed by atoms with Gasteiger partial charge in [-0.25, -0.2) is 4.68 Å². The maximum atomic E-state index is 13.2. The van der Waals surface area contributed by atoms with Gasteiger partial charge in [-0.05, 0) is 49.6 Å². The Morgan fingerprint density at radius 3 is 2.52 bits per heavy atom. The first-order chi connectivity index (χ1) is 15.1. The van der Waals surface area contributed by atoms with Crippen LogP contribution in [0.2, 0.25) is 5.02 Å². The summed E-state index contributed by atoms with van der Waals surface area (Å²) in [5.74, 6) is -0.0839. The van der Waals surface area contributed by atoms with Gasteiger partial charge in [0.1, 0.15) is 0 Å². The third-order valence-corrected chi connectivity index (χ3v) is 5.88. The molecule has 3 aromatic rings. The maximum absolute atomic E-state index is 13.2. The number of hydrogen-bond acceptors (Lipinski definition) is 3. The summed E-state index contributed by atoms with van der Waals surface area (Å²) in [5.41, 5.74) is 2.98. The zero-order valence-corrected chi connectivity index (χ0v) is 18.2. The number of hydrogen-bond donors (Lipinski definition) is 1. The Labute approximate surface area is 186 Å². The van der Waals surface area contributed by atoms with Gasteiger partial charge in [0.25, 0.3) is 11.8 Å². The Hall–Kier alpha value is -3.12. The highest BCUT2D eigenvalue weighted by atomic mass is 35.5. The van der Waals surface area contributed by atoms with E-state index in [-0.39, 0.29) is 17.9 Å². The number of aromatic nitrogens is 2. The van der Waals surface area contributed by atoms with Crippen molar-refractivity contribution in [3.8, 4) is 5.69 Å². The normalized spacial score (nSPS) is 14.5. The Balaban J connectivity index is 1.41. The molecule has 1 aliphatic rings. The van der Waals surface area contributed by atoms with Crippen molar-refractivity contribution in [1.82, 2.24) is 20.0 Å². The highest BCUT2D eigenvalue weighted by molar-refractivity contribution is 6.30. The molecule has 1 aromatic heterocycles. The lowest BCUT2D eigenvalue weighted by atomic mass is 10.0. The minimum absolute atomic E-state index is 0.0158. The smallest absolute Gasteiger partial charge is 0.257 e. The summed E-state index contributed by atoms with van der Waals surface area (Å²) in [7, 11) is 0. The van der Waals surface area contributed by atoms with Crippen LogP contribution in [0.4, 0.5) is 0 Å². The lowest BCUT2D eigenvalue weighted by molar-refractivity contribution is 0.0697. The van der Waals surface area contributed by atoms with Crippen molar-refractivity contribution in [1.29, 1.82) is 0 Å². The van der Waals surface area contributed by atoms with Crippen LogP contribution in [0.3, 0.4) is 0 Å². The molecule has 4 rings (SSSR count). The average molecular weight is 437 g/mol. The first kappa shape index (κ1) is 21.1. The van der Waals surface area contributed by atoms with E-state index in [4.69, 9.17) is 11.6 Å². The molecule has 1 N–H and O–H groups in total. The van der Waals surface area contributed by atoms with Crippen LogP contribution < -0.4 is 5.32 Å². The standard InChI is InChI=1S/C24H25ClN4O2/c1-2-22-21(16-26-29(22)20-10-6-9-18(25)15-20)24(31)28-13-11-19(12-14-28)27-23(30)17-7-4-3-5-8-17/h3-10,15-16,19H,2,11-14H2,1H3,(H,27,30). The van der Waals surface area contributed by atoms with Crippen molar-refractivity contribution < 1.29 is 9.59 Å². The largest absolute Gasteiger partial charge is 0.349 e. The number of amides is 2. The highest BCUT2D eigenvalue weighted by Gasteiger charge is 2.27. The molecule has 7 heteroatoms. The minimum atomic E-state index is -0.0681. The number of nitrogens with zero attached hydrogens (tertiary/aromatic N) is 3. The molecular weight excluding hydrogens is 412 g/mol. The zero-order valence-electron chi connectivity index (χ0n) is 17.4. The molecule has 0 radical (unpaired) electrons. The van der Waals surface area contributed by atoms with E-state index in [1.165, 1.54) is 0 Å². The zero-order chi connectivity index (χ0) is 21.8. The lowest BCUT2D eigenvalue weighted by Gasteiger charge is -2.32. The average Bonchev–Trinajstić information content (AvgIpc) is 3.24. The summed E-state index contributed by atoms with van der Waals surface area (Å²) in [6, 6.07) is 16.7. The molecule has 0 bridgehead atoms. The van der Waals surface area contributed by atoms with Crippen LogP contribution in [-0.4, -0.2) is 45.6 Å². The van der Waals surface area contributed by atoms with Crippen LogP contribution in [0.5, 0.6) is 0 Å². The molecule has 1 fully saturated rings. The van der Waals surface area contributed by atoms with Crippen LogP contribution >= 0.6 is 11.6 Å². The Morgan fingerprint density at radius 2 is 1.84 bits per heavy atom. The van der Waals surface area contributed by atoms with Crippen LogP contribution in [0.15, 0.2) is 60.8 Å². The molecular formula is C24H25ClN4O2. The number of likely N-dealkylation sites (tertiary alicyclic amines) is 1. The lowest BCUT2D eigenvalue weighted by Crippen LogP contribution is -2.46. The van der Waals surface area contributed by atoms with E-state index in [9.17, 15) is 9.59 Å². The Morgan fingerprint density at radius 1 is 1.10 bits per heavy atom. The first-order valence-electron chi connectivity index (χ1n) is 10.5. The van der Waals surface area contributed by atoms with Gasteiger partial charge < -0.3 is 10.2 Å².